The molecule has 1 saturated heterocycles. The van der Waals surface area contributed by atoms with Crippen LogP contribution in [0.3, 0.4) is 0 Å². The smallest absolute Gasteiger partial charge is 0.332 e. The van der Waals surface area contributed by atoms with Crippen molar-refractivity contribution in [2.75, 3.05) is 7.11 Å². The maximum absolute atomic E-state index is 14.3. The lowest BCUT2D eigenvalue weighted by Crippen LogP contribution is -2.62. The van der Waals surface area contributed by atoms with Gasteiger partial charge in [0, 0.05) is 34.8 Å². The molecule has 0 spiro atoms. The predicted octanol–water partition coefficient (Wildman–Crippen LogP) is 5.08. The number of thiazole rings is 1. The molecule has 8 nitrogen and oxygen atoms in total. The van der Waals surface area contributed by atoms with Crippen LogP contribution in [0.4, 0.5) is 0 Å². The van der Waals surface area contributed by atoms with Gasteiger partial charge < -0.3 is 14.7 Å². The van der Waals surface area contributed by atoms with Gasteiger partial charge in [-0.3, -0.25) is 9.48 Å². The number of methoxy groups -OCH3 is 1. The molecule has 1 aliphatic rings. The molecule has 0 saturated carbocycles. The zero-order valence-corrected chi connectivity index (χ0v) is 23.0. The molecule has 0 bridgehead atoms. The summed E-state index contributed by atoms with van der Waals surface area (Å²) < 4.78 is 7.25. The fourth-order valence-corrected chi connectivity index (χ4v) is 7.49. The van der Waals surface area contributed by atoms with E-state index in [1.165, 1.54) is 28.0 Å². The van der Waals surface area contributed by atoms with Crippen molar-refractivity contribution in [2.45, 2.75) is 62.7 Å². The van der Waals surface area contributed by atoms with Crippen LogP contribution in [0.5, 0.6) is 5.75 Å². The van der Waals surface area contributed by atoms with E-state index in [2.05, 4.69) is 30.9 Å². The fourth-order valence-electron chi connectivity index (χ4n) is 4.86. The Labute approximate surface area is 219 Å². The van der Waals surface area contributed by atoms with E-state index in [9.17, 15) is 14.7 Å². The van der Waals surface area contributed by atoms with Gasteiger partial charge in [0.25, 0.3) is 5.91 Å². The van der Waals surface area contributed by atoms with Gasteiger partial charge in [0.1, 0.15) is 16.1 Å². The highest BCUT2D eigenvalue weighted by atomic mass is 32.2. The summed E-state index contributed by atoms with van der Waals surface area (Å²) in [5.74, 6) is -0.867. The normalized spacial score (nSPS) is 22.2. The molecule has 3 atom stereocenters. The van der Waals surface area contributed by atoms with Gasteiger partial charge in [-0.05, 0) is 35.1 Å². The molecule has 1 aromatic carbocycles. The fraction of sp³-hybridized carbons (Fsp3) is 0.462. The molecule has 3 heterocycles. The van der Waals surface area contributed by atoms with Gasteiger partial charge in [-0.15, -0.1) is 23.1 Å². The van der Waals surface area contributed by atoms with Crippen LogP contribution < -0.4 is 4.74 Å². The molecule has 1 aliphatic heterocycles. The summed E-state index contributed by atoms with van der Waals surface area (Å²) in [4.78, 5) is 33.6. The monoisotopic (exact) mass is 528 g/mol. The standard InChI is InChI=1S/C26H32N4O4S2/c1-16(2)20-26(24(32)33,15-29-12-7-10-28-29)30(23(36-20)21-27-11-13-35-21)22(31)17-8-9-18(25(3,4)5)19(14-17)34-6/h7-14,16,20,23H,15H2,1-6H3,(H,32,33). The Kier molecular flexibility index (Phi) is 7.21. The third kappa shape index (κ3) is 4.52. The second kappa shape index (κ2) is 9.89. The number of rotatable bonds is 7. The first-order valence-corrected chi connectivity index (χ1v) is 13.6. The molecule has 4 rings (SSSR count). The van der Waals surface area contributed by atoms with Crippen molar-refractivity contribution >= 4 is 35.0 Å². The van der Waals surface area contributed by atoms with Gasteiger partial charge >= 0.3 is 5.97 Å². The van der Waals surface area contributed by atoms with E-state index in [0.29, 0.717) is 16.3 Å². The highest BCUT2D eigenvalue weighted by Crippen LogP contribution is 2.55. The van der Waals surface area contributed by atoms with Crippen molar-refractivity contribution in [3.63, 3.8) is 0 Å². The third-order valence-electron chi connectivity index (χ3n) is 6.49. The number of carbonyl (C=O) groups is 2. The number of benzene rings is 1. The Morgan fingerprint density at radius 1 is 1.25 bits per heavy atom. The van der Waals surface area contributed by atoms with E-state index < -0.39 is 22.1 Å². The summed E-state index contributed by atoms with van der Waals surface area (Å²) in [6, 6.07) is 7.13. The van der Waals surface area contributed by atoms with Crippen molar-refractivity contribution in [3.05, 3.63) is 64.4 Å². The lowest BCUT2D eigenvalue weighted by molar-refractivity contribution is -0.151. The number of thioether (sulfide) groups is 1. The quantitative estimate of drug-likeness (QED) is 0.457. The Morgan fingerprint density at radius 3 is 2.53 bits per heavy atom. The molecule has 3 unspecified atom stereocenters. The topological polar surface area (TPSA) is 97.5 Å². The maximum atomic E-state index is 14.3. The minimum absolute atomic E-state index is 0.0238. The van der Waals surface area contributed by atoms with Gasteiger partial charge in [0.2, 0.25) is 0 Å². The number of hydrogen-bond acceptors (Lipinski definition) is 7. The van der Waals surface area contributed by atoms with E-state index in [-0.39, 0.29) is 23.8 Å². The second-order valence-electron chi connectivity index (χ2n) is 10.3. The van der Waals surface area contributed by atoms with E-state index in [4.69, 9.17) is 4.74 Å². The van der Waals surface area contributed by atoms with Gasteiger partial charge in [0.15, 0.2) is 5.54 Å². The average molecular weight is 529 g/mol. The summed E-state index contributed by atoms with van der Waals surface area (Å²) in [6.45, 7) is 10.2. The van der Waals surface area contributed by atoms with Crippen LogP contribution >= 0.6 is 23.1 Å². The van der Waals surface area contributed by atoms with Gasteiger partial charge in [-0.2, -0.15) is 5.10 Å². The van der Waals surface area contributed by atoms with Crippen LogP contribution in [-0.2, 0) is 16.8 Å². The summed E-state index contributed by atoms with van der Waals surface area (Å²) in [5, 5.41) is 16.7. The molecule has 2 aromatic heterocycles. The first-order valence-electron chi connectivity index (χ1n) is 11.8. The molecule has 0 radical (unpaired) electrons. The lowest BCUT2D eigenvalue weighted by atomic mass is 9.84. The zero-order chi connectivity index (χ0) is 26.3. The Balaban J connectivity index is 1.91. The number of carboxylic acids is 1. The number of carbonyl (C=O) groups excluding carboxylic acids is 1. The number of ether oxygens (including phenoxy) is 1. The third-order valence-corrected chi connectivity index (χ3v) is 9.38. The van der Waals surface area contributed by atoms with Crippen molar-refractivity contribution in [3.8, 4) is 5.75 Å². The summed E-state index contributed by atoms with van der Waals surface area (Å²) >= 11 is 2.90. The summed E-state index contributed by atoms with van der Waals surface area (Å²) in [7, 11) is 1.58. The van der Waals surface area contributed by atoms with E-state index in [1.54, 1.807) is 48.6 Å². The number of aliphatic carboxylic acids is 1. The number of carboxylic acid groups (broad SMARTS) is 1. The van der Waals surface area contributed by atoms with Gasteiger partial charge in [0.05, 0.1) is 13.7 Å². The number of amides is 1. The number of aromatic nitrogens is 3. The molecule has 36 heavy (non-hydrogen) atoms. The van der Waals surface area contributed by atoms with Crippen LogP contribution in [0, 0.1) is 5.92 Å². The Bertz CT molecular complexity index is 1220. The summed E-state index contributed by atoms with van der Waals surface area (Å²) in [6.07, 6.45) is 5.03. The summed E-state index contributed by atoms with van der Waals surface area (Å²) in [5.41, 5.74) is -0.394. The lowest BCUT2D eigenvalue weighted by Gasteiger charge is -2.40. The van der Waals surface area contributed by atoms with Crippen LogP contribution in [0.25, 0.3) is 0 Å². The van der Waals surface area contributed by atoms with Crippen molar-refractivity contribution in [1.82, 2.24) is 19.7 Å². The first-order chi connectivity index (χ1) is 17.0. The molecular formula is C26H32N4O4S2. The molecule has 0 aliphatic carbocycles. The zero-order valence-electron chi connectivity index (χ0n) is 21.3. The molecule has 10 heteroatoms. The number of nitrogens with zero attached hydrogens (tertiary/aromatic N) is 4. The largest absolute Gasteiger partial charge is 0.496 e. The number of hydrogen-bond donors (Lipinski definition) is 1. The van der Waals surface area contributed by atoms with Crippen LogP contribution in [0.15, 0.2) is 48.2 Å². The molecule has 1 fully saturated rings. The van der Waals surface area contributed by atoms with Gasteiger partial charge in [-0.1, -0.05) is 40.7 Å². The molecular weight excluding hydrogens is 496 g/mol. The Morgan fingerprint density at radius 2 is 2.00 bits per heavy atom. The van der Waals surface area contributed by atoms with Crippen LogP contribution in [0.2, 0.25) is 0 Å². The van der Waals surface area contributed by atoms with Crippen LogP contribution in [0.1, 0.15) is 60.9 Å². The SMILES string of the molecule is COc1cc(C(=O)N2C(c3nccs3)SC(C(C)C)C2(Cn2cccn2)C(=O)O)ccc1C(C)(C)C. The van der Waals surface area contributed by atoms with Crippen molar-refractivity contribution in [1.29, 1.82) is 0 Å². The average Bonchev–Trinajstić information content (AvgIpc) is 3.58. The highest BCUT2D eigenvalue weighted by Gasteiger charge is 2.63. The van der Waals surface area contributed by atoms with E-state index in [0.717, 1.165) is 5.56 Å². The first kappa shape index (κ1) is 26.2. The molecule has 3 aromatic rings. The minimum Gasteiger partial charge on any atom is -0.496 e. The highest BCUT2D eigenvalue weighted by molar-refractivity contribution is 8.00. The second-order valence-corrected chi connectivity index (χ2v) is 12.4. The van der Waals surface area contributed by atoms with E-state index >= 15 is 0 Å². The predicted molar refractivity (Wildman–Crippen MR) is 142 cm³/mol. The van der Waals surface area contributed by atoms with E-state index in [1.807, 2.05) is 25.3 Å². The Hall–Kier alpha value is -2.85. The minimum atomic E-state index is -1.55. The molecule has 1 N–H and O–H groups in total. The van der Waals surface area contributed by atoms with Crippen LogP contribution in [-0.4, -0.2) is 54.5 Å². The van der Waals surface area contributed by atoms with Crippen molar-refractivity contribution < 1.29 is 19.4 Å². The van der Waals surface area contributed by atoms with Crippen molar-refractivity contribution in [2.24, 2.45) is 5.92 Å². The maximum Gasteiger partial charge on any atom is 0.332 e. The molecule has 192 valence electrons. The molecule has 1 amide bonds. The van der Waals surface area contributed by atoms with Gasteiger partial charge in [-0.25, -0.2) is 9.78 Å².